The van der Waals surface area contributed by atoms with Crippen LogP contribution in [-0.2, 0) is 11.3 Å². The van der Waals surface area contributed by atoms with Crippen LogP contribution in [0, 0.1) is 0 Å². The minimum Gasteiger partial charge on any atom is -0.481 e. The van der Waals surface area contributed by atoms with Crippen molar-refractivity contribution in [3.05, 3.63) is 35.4 Å². The Morgan fingerprint density at radius 3 is 2.60 bits per heavy atom. The van der Waals surface area contributed by atoms with Crippen LogP contribution in [0.4, 0.5) is 0 Å². The highest BCUT2D eigenvalue weighted by molar-refractivity contribution is 5.98. The zero-order valence-corrected chi connectivity index (χ0v) is 8.49. The van der Waals surface area contributed by atoms with Gasteiger partial charge in [-0.1, -0.05) is 25.1 Å². The monoisotopic (exact) mass is 207 g/mol. The fraction of sp³-hybridized carbons (Fsp3) is 0.273. The Morgan fingerprint density at radius 2 is 2.07 bits per heavy atom. The predicted molar refractivity (Wildman–Crippen MR) is 55.5 cm³/mol. The van der Waals surface area contributed by atoms with E-state index in [4.69, 9.17) is 5.11 Å². The van der Waals surface area contributed by atoms with Gasteiger partial charge in [-0.2, -0.15) is 0 Å². The minimum absolute atomic E-state index is 0.0515. The lowest BCUT2D eigenvalue weighted by molar-refractivity contribution is -0.136. The molecule has 1 aromatic rings. The molecular formula is C11H13NO3. The summed E-state index contributed by atoms with van der Waals surface area (Å²) in [6.07, 6.45) is 0.222. The Balaban J connectivity index is 0.000000195. The van der Waals surface area contributed by atoms with Crippen LogP contribution in [-0.4, -0.2) is 17.0 Å². The molecule has 0 aromatic heterocycles. The van der Waals surface area contributed by atoms with E-state index < -0.39 is 5.97 Å². The molecule has 80 valence electrons. The highest BCUT2D eigenvalue weighted by Crippen LogP contribution is 2.13. The maximum Gasteiger partial charge on any atom is 0.303 e. The maximum absolute atomic E-state index is 11.0. The number of carbonyl (C=O) groups excluding carboxylic acids is 1. The van der Waals surface area contributed by atoms with Crippen molar-refractivity contribution in [1.29, 1.82) is 0 Å². The van der Waals surface area contributed by atoms with Crippen molar-refractivity contribution in [2.24, 2.45) is 0 Å². The summed E-state index contributed by atoms with van der Waals surface area (Å²) < 4.78 is 0. The number of rotatable bonds is 1. The number of aliphatic carboxylic acids is 1. The van der Waals surface area contributed by atoms with Crippen LogP contribution in [0.3, 0.4) is 0 Å². The minimum atomic E-state index is -0.745. The van der Waals surface area contributed by atoms with Crippen molar-refractivity contribution >= 4 is 11.9 Å². The third kappa shape index (κ3) is 3.09. The molecule has 0 bridgehead atoms. The van der Waals surface area contributed by atoms with Gasteiger partial charge in [0.25, 0.3) is 5.91 Å². The third-order valence-corrected chi connectivity index (χ3v) is 2.00. The number of nitrogens with one attached hydrogen (secondary N) is 1. The molecule has 0 aliphatic carbocycles. The fourth-order valence-electron chi connectivity index (χ4n) is 1.17. The summed E-state index contributed by atoms with van der Waals surface area (Å²) in [7, 11) is 0. The standard InChI is InChI=1S/C8H7NO.C3H6O2/c10-8-7-4-2-1-3-6(7)5-9-8;1-2-3(4)5/h1-4H,5H2,(H,9,10);2H2,1H3,(H,4,5). The summed E-state index contributed by atoms with van der Waals surface area (Å²) in [5.74, 6) is -0.694. The van der Waals surface area contributed by atoms with Crippen LogP contribution in [0.2, 0.25) is 0 Å². The summed E-state index contributed by atoms with van der Waals surface area (Å²) >= 11 is 0. The molecule has 1 heterocycles. The van der Waals surface area contributed by atoms with Crippen molar-refractivity contribution in [3.63, 3.8) is 0 Å². The van der Waals surface area contributed by atoms with Crippen LogP contribution < -0.4 is 5.32 Å². The number of hydrogen-bond donors (Lipinski definition) is 2. The Hall–Kier alpha value is -1.84. The maximum atomic E-state index is 11.0. The van der Waals surface area contributed by atoms with Crippen LogP contribution in [0.25, 0.3) is 0 Å². The molecule has 2 N–H and O–H groups in total. The molecule has 0 fully saturated rings. The first kappa shape index (κ1) is 11.2. The largest absolute Gasteiger partial charge is 0.481 e. The summed E-state index contributed by atoms with van der Waals surface area (Å²) in [6, 6.07) is 7.63. The molecule has 0 saturated heterocycles. The Bertz CT molecular complexity index is 374. The molecule has 0 atom stereocenters. The van der Waals surface area contributed by atoms with E-state index in [0.717, 1.165) is 11.1 Å². The molecule has 0 radical (unpaired) electrons. The van der Waals surface area contributed by atoms with Crippen molar-refractivity contribution in [2.45, 2.75) is 19.9 Å². The second-order valence-corrected chi connectivity index (χ2v) is 3.09. The number of carboxylic acid groups (broad SMARTS) is 1. The van der Waals surface area contributed by atoms with Gasteiger partial charge in [0.15, 0.2) is 0 Å². The summed E-state index contributed by atoms with van der Waals surface area (Å²) in [4.78, 5) is 20.3. The third-order valence-electron chi connectivity index (χ3n) is 2.00. The normalized spacial score (nSPS) is 12.2. The van der Waals surface area contributed by atoms with Gasteiger partial charge in [-0.3, -0.25) is 9.59 Å². The van der Waals surface area contributed by atoms with E-state index >= 15 is 0 Å². The number of carbonyl (C=O) groups is 2. The second-order valence-electron chi connectivity index (χ2n) is 3.09. The number of amides is 1. The van der Waals surface area contributed by atoms with E-state index in [2.05, 4.69) is 5.32 Å². The predicted octanol–water partition coefficient (Wildman–Crippen LogP) is 1.41. The smallest absolute Gasteiger partial charge is 0.303 e. The van der Waals surface area contributed by atoms with Crippen molar-refractivity contribution in [3.8, 4) is 0 Å². The number of fused-ring (bicyclic) bond motifs is 1. The Morgan fingerprint density at radius 1 is 1.47 bits per heavy atom. The van der Waals surface area contributed by atoms with Gasteiger partial charge in [-0.05, 0) is 11.6 Å². The van der Waals surface area contributed by atoms with Gasteiger partial charge in [-0.25, -0.2) is 0 Å². The van der Waals surface area contributed by atoms with E-state index in [1.165, 1.54) is 0 Å². The lowest BCUT2D eigenvalue weighted by atomic mass is 10.1. The van der Waals surface area contributed by atoms with Gasteiger partial charge < -0.3 is 10.4 Å². The quantitative estimate of drug-likeness (QED) is 0.731. The average molecular weight is 207 g/mol. The number of hydrogen-bond acceptors (Lipinski definition) is 2. The average Bonchev–Trinajstić information content (AvgIpc) is 2.62. The first-order valence-corrected chi connectivity index (χ1v) is 4.73. The molecule has 1 aliphatic rings. The van der Waals surface area contributed by atoms with Crippen LogP contribution in [0.5, 0.6) is 0 Å². The molecule has 2 rings (SSSR count). The summed E-state index contributed by atoms with van der Waals surface area (Å²) in [5.41, 5.74) is 1.93. The molecule has 0 spiro atoms. The zero-order chi connectivity index (χ0) is 11.3. The number of benzene rings is 1. The first-order valence-electron chi connectivity index (χ1n) is 4.73. The lowest BCUT2D eigenvalue weighted by Crippen LogP contribution is -2.12. The molecule has 4 nitrogen and oxygen atoms in total. The molecule has 1 amide bonds. The van der Waals surface area contributed by atoms with Crippen LogP contribution in [0.15, 0.2) is 24.3 Å². The van der Waals surface area contributed by atoms with Crippen molar-refractivity contribution < 1.29 is 14.7 Å². The molecule has 15 heavy (non-hydrogen) atoms. The SMILES string of the molecule is CCC(=O)O.O=C1NCc2ccccc21. The molecule has 1 aromatic carbocycles. The Kier molecular flexibility index (Phi) is 3.85. The highest BCUT2D eigenvalue weighted by Gasteiger charge is 2.16. The summed E-state index contributed by atoms with van der Waals surface area (Å²) in [6.45, 7) is 2.29. The summed E-state index contributed by atoms with van der Waals surface area (Å²) in [5, 5.41) is 10.5. The van der Waals surface area contributed by atoms with Crippen LogP contribution in [0.1, 0.15) is 29.3 Å². The van der Waals surface area contributed by atoms with Crippen molar-refractivity contribution in [1.82, 2.24) is 5.32 Å². The first-order chi connectivity index (χ1) is 7.15. The van der Waals surface area contributed by atoms with Gasteiger partial charge >= 0.3 is 5.97 Å². The van der Waals surface area contributed by atoms with Gasteiger partial charge in [-0.15, -0.1) is 0 Å². The second kappa shape index (κ2) is 5.14. The molecule has 1 aliphatic heterocycles. The molecule has 0 saturated carbocycles. The van der Waals surface area contributed by atoms with E-state index in [9.17, 15) is 9.59 Å². The van der Waals surface area contributed by atoms with Gasteiger partial charge in [0.2, 0.25) is 0 Å². The van der Waals surface area contributed by atoms with E-state index in [-0.39, 0.29) is 12.3 Å². The van der Waals surface area contributed by atoms with Crippen LogP contribution >= 0.6 is 0 Å². The van der Waals surface area contributed by atoms with E-state index in [1.54, 1.807) is 6.92 Å². The van der Waals surface area contributed by atoms with E-state index in [1.807, 2.05) is 24.3 Å². The van der Waals surface area contributed by atoms with Gasteiger partial charge in [0.05, 0.1) is 0 Å². The zero-order valence-electron chi connectivity index (χ0n) is 8.49. The highest BCUT2D eigenvalue weighted by atomic mass is 16.4. The Labute approximate surface area is 87.9 Å². The number of carboxylic acids is 1. The van der Waals surface area contributed by atoms with Gasteiger partial charge in [0.1, 0.15) is 0 Å². The topological polar surface area (TPSA) is 66.4 Å². The molecule has 4 heteroatoms. The lowest BCUT2D eigenvalue weighted by Gasteiger charge is -1.89. The molecular weight excluding hydrogens is 194 g/mol. The van der Waals surface area contributed by atoms with Gasteiger partial charge in [0, 0.05) is 18.5 Å². The van der Waals surface area contributed by atoms with Crippen molar-refractivity contribution in [2.75, 3.05) is 0 Å². The fourth-order valence-corrected chi connectivity index (χ4v) is 1.17. The molecule has 0 unspecified atom stereocenters. The van der Waals surface area contributed by atoms with E-state index in [0.29, 0.717) is 6.54 Å².